The fourth-order valence-electron chi connectivity index (χ4n) is 2.53. The van der Waals surface area contributed by atoms with Crippen LogP contribution in [0.4, 0.5) is 8.78 Å². The van der Waals surface area contributed by atoms with Gasteiger partial charge in [-0.05, 0) is 13.0 Å². The smallest absolute Gasteiger partial charge is 0.302 e. The van der Waals surface area contributed by atoms with Crippen LogP contribution in [0, 0.1) is 11.6 Å². The first-order chi connectivity index (χ1) is 10.4. The number of carbonyl (C=O) groups excluding carboxylic acids is 1. The molecule has 0 N–H and O–H groups in total. The molecule has 1 aliphatic rings. The summed E-state index contributed by atoms with van der Waals surface area (Å²) in [6.07, 6.45) is 1.50. The molecule has 0 unspecified atom stereocenters. The molecule has 0 saturated heterocycles. The fraction of sp³-hybridized carbons (Fsp3) is 0.333. The predicted octanol–water partition coefficient (Wildman–Crippen LogP) is 2.30. The van der Waals surface area contributed by atoms with E-state index < -0.39 is 23.0 Å². The zero-order valence-electron chi connectivity index (χ0n) is 12.0. The maximum Gasteiger partial charge on any atom is 0.302 e. The van der Waals surface area contributed by atoms with E-state index in [0.29, 0.717) is 0 Å². The third-order valence-electron chi connectivity index (χ3n) is 3.61. The van der Waals surface area contributed by atoms with Gasteiger partial charge in [0.2, 0.25) is 5.82 Å². The van der Waals surface area contributed by atoms with Gasteiger partial charge in [-0.25, -0.2) is 4.39 Å². The Morgan fingerprint density at radius 1 is 1.50 bits per heavy atom. The number of hydrogen-bond acceptors (Lipinski definition) is 4. The number of nitrogens with zero attached hydrogens (tertiary/aromatic N) is 1. The number of aromatic nitrogens is 1. The van der Waals surface area contributed by atoms with Crippen molar-refractivity contribution in [1.29, 1.82) is 0 Å². The van der Waals surface area contributed by atoms with Gasteiger partial charge in [-0.2, -0.15) is 4.39 Å². The molecule has 5 nitrogen and oxygen atoms in total. The lowest BCUT2D eigenvalue weighted by atomic mass is 10.1. The molecule has 0 radical (unpaired) electrons. The van der Waals surface area contributed by atoms with E-state index in [4.69, 9.17) is 9.47 Å². The van der Waals surface area contributed by atoms with Gasteiger partial charge in [-0.3, -0.25) is 9.59 Å². The second kappa shape index (κ2) is 5.08. The largest absolute Gasteiger partial charge is 0.486 e. The van der Waals surface area contributed by atoms with Crippen LogP contribution in [0.2, 0.25) is 0 Å². The molecule has 1 aromatic heterocycles. The van der Waals surface area contributed by atoms with E-state index in [0.717, 1.165) is 6.07 Å². The van der Waals surface area contributed by atoms with E-state index in [2.05, 4.69) is 0 Å². The van der Waals surface area contributed by atoms with Crippen molar-refractivity contribution in [3.05, 3.63) is 39.7 Å². The third-order valence-corrected chi connectivity index (χ3v) is 3.61. The highest BCUT2D eigenvalue weighted by molar-refractivity contribution is 5.86. The number of halogens is 2. The minimum atomic E-state index is -1.15. The predicted molar refractivity (Wildman–Crippen MR) is 73.8 cm³/mol. The van der Waals surface area contributed by atoms with E-state index in [1.165, 1.54) is 13.1 Å². The van der Waals surface area contributed by atoms with Crippen LogP contribution in [0.3, 0.4) is 0 Å². The summed E-state index contributed by atoms with van der Waals surface area (Å²) in [4.78, 5) is 23.3. The summed E-state index contributed by atoms with van der Waals surface area (Å²) in [5.74, 6) is -3.05. The average Bonchev–Trinajstić information content (AvgIpc) is 2.47. The van der Waals surface area contributed by atoms with Crippen molar-refractivity contribution < 1.29 is 23.0 Å². The minimum Gasteiger partial charge on any atom is -0.486 e. The van der Waals surface area contributed by atoms with Crippen molar-refractivity contribution in [3.63, 3.8) is 0 Å². The number of benzene rings is 1. The molecular formula is C15H13F2NO4. The van der Waals surface area contributed by atoms with E-state index in [-0.39, 0.29) is 41.5 Å². The van der Waals surface area contributed by atoms with Crippen LogP contribution in [-0.2, 0) is 16.1 Å². The number of hydrogen-bond donors (Lipinski definition) is 0. The number of rotatable bonds is 2. The van der Waals surface area contributed by atoms with Gasteiger partial charge < -0.3 is 14.0 Å². The minimum absolute atomic E-state index is 0.00472. The van der Waals surface area contributed by atoms with Crippen LogP contribution in [-0.4, -0.2) is 17.1 Å². The van der Waals surface area contributed by atoms with Gasteiger partial charge in [-0.15, -0.1) is 0 Å². The van der Waals surface area contributed by atoms with E-state index in [1.54, 1.807) is 4.57 Å². The maximum atomic E-state index is 13.9. The molecule has 7 heteroatoms. The lowest BCUT2D eigenvalue weighted by Crippen LogP contribution is -2.26. The highest BCUT2D eigenvalue weighted by Crippen LogP contribution is 2.35. The topological polar surface area (TPSA) is 57.5 Å². The Hall–Kier alpha value is -2.44. The SMILES string of the molecule is CC(=O)OCc1cn2c3c(c(F)c(F)cc3c1=O)OC[C@@H]2C. The summed E-state index contributed by atoms with van der Waals surface area (Å²) in [7, 11) is 0. The van der Waals surface area contributed by atoms with Crippen LogP contribution < -0.4 is 10.2 Å². The molecule has 1 aliphatic heterocycles. The van der Waals surface area contributed by atoms with Gasteiger partial charge in [0, 0.05) is 13.1 Å². The second-order valence-electron chi connectivity index (χ2n) is 5.23. The van der Waals surface area contributed by atoms with Crippen LogP contribution >= 0.6 is 0 Å². The van der Waals surface area contributed by atoms with Crippen molar-refractivity contribution in [2.75, 3.05) is 6.61 Å². The lowest BCUT2D eigenvalue weighted by Gasteiger charge is -2.27. The first kappa shape index (κ1) is 14.5. The normalized spacial score (nSPS) is 16.5. The van der Waals surface area contributed by atoms with Crippen molar-refractivity contribution in [2.45, 2.75) is 26.5 Å². The molecule has 116 valence electrons. The molecule has 2 heterocycles. The third kappa shape index (κ3) is 2.13. The van der Waals surface area contributed by atoms with E-state index in [9.17, 15) is 18.4 Å². The second-order valence-corrected chi connectivity index (χ2v) is 5.23. The Balaban J connectivity index is 2.32. The lowest BCUT2D eigenvalue weighted by molar-refractivity contribution is -0.142. The first-order valence-electron chi connectivity index (χ1n) is 6.72. The monoisotopic (exact) mass is 309 g/mol. The van der Waals surface area contributed by atoms with Gasteiger partial charge in [0.1, 0.15) is 13.2 Å². The number of ether oxygens (including phenoxy) is 2. The molecule has 2 aromatic rings. The van der Waals surface area contributed by atoms with Crippen LogP contribution in [0.1, 0.15) is 25.5 Å². The van der Waals surface area contributed by atoms with Crippen molar-refractivity contribution in [1.82, 2.24) is 4.57 Å². The average molecular weight is 309 g/mol. The van der Waals surface area contributed by atoms with Crippen LogP contribution in [0.25, 0.3) is 10.9 Å². The summed E-state index contributed by atoms with van der Waals surface area (Å²) >= 11 is 0. The van der Waals surface area contributed by atoms with Gasteiger partial charge >= 0.3 is 5.97 Å². The molecule has 1 atom stereocenters. The summed E-state index contributed by atoms with van der Waals surface area (Å²) in [6.45, 7) is 2.99. The van der Waals surface area contributed by atoms with E-state index >= 15 is 0 Å². The molecule has 0 aliphatic carbocycles. The van der Waals surface area contributed by atoms with Crippen molar-refractivity contribution >= 4 is 16.9 Å². The zero-order valence-corrected chi connectivity index (χ0v) is 12.0. The fourth-order valence-corrected chi connectivity index (χ4v) is 2.53. The molecular weight excluding hydrogens is 296 g/mol. The summed E-state index contributed by atoms with van der Waals surface area (Å²) < 4.78 is 39.3. The molecule has 0 spiro atoms. The van der Waals surface area contributed by atoms with Crippen LogP contribution in [0.15, 0.2) is 17.1 Å². The van der Waals surface area contributed by atoms with Gasteiger partial charge in [0.05, 0.1) is 22.5 Å². The molecule has 22 heavy (non-hydrogen) atoms. The Morgan fingerprint density at radius 3 is 2.91 bits per heavy atom. The van der Waals surface area contributed by atoms with Gasteiger partial charge in [0.25, 0.3) is 0 Å². The molecule has 0 amide bonds. The zero-order chi connectivity index (χ0) is 16.0. The van der Waals surface area contributed by atoms with Crippen LogP contribution in [0.5, 0.6) is 5.75 Å². The molecule has 1 aromatic carbocycles. The highest BCUT2D eigenvalue weighted by atomic mass is 19.2. The summed E-state index contributed by atoms with van der Waals surface area (Å²) in [5.41, 5.74) is -0.0898. The molecule has 3 rings (SSSR count). The number of carbonyl (C=O) groups is 1. The van der Waals surface area contributed by atoms with Crippen molar-refractivity contribution in [2.24, 2.45) is 0 Å². The molecule has 0 bridgehead atoms. The number of esters is 1. The van der Waals surface area contributed by atoms with E-state index in [1.807, 2.05) is 6.92 Å². The Bertz CT molecular complexity index is 844. The Kier molecular flexibility index (Phi) is 3.35. The maximum absolute atomic E-state index is 13.9. The van der Waals surface area contributed by atoms with Gasteiger partial charge in [0.15, 0.2) is 17.0 Å². The summed E-state index contributed by atoms with van der Waals surface area (Å²) in [6, 6.07) is 0.683. The quantitative estimate of drug-likeness (QED) is 0.799. The summed E-state index contributed by atoms with van der Waals surface area (Å²) in [5, 5.41) is 0.00472. The Morgan fingerprint density at radius 2 is 2.23 bits per heavy atom. The Labute approximate surface area is 124 Å². The number of pyridine rings is 1. The standard InChI is InChI=1S/C15H13F2NO4/c1-7-5-22-15-12(17)11(16)3-10-13(15)18(7)4-9(14(10)20)6-21-8(2)19/h3-4,7H,5-6H2,1-2H3/t7-/m0/s1. The molecule has 0 fully saturated rings. The first-order valence-corrected chi connectivity index (χ1v) is 6.72. The molecule has 0 saturated carbocycles. The highest BCUT2D eigenvalue weighted by Gasteiger charge is 2.26. The van der Waals surface area contributed by atoms with Gasteiger partial charge in [-0.1, -0.05) is 0 Å². The van der Waals surface area contributed by atoms with Crippen molar-refractivity contribution in [3.8, 4) is 5.75 Å².